The van der Waals surface area contributed by atoms with Crippen LogP contribution in [-0.2, 0) is 6.42 Å². The van der Waals surface area contributed by atoms with E-state index >= 15 is 0 Å². The fourth-order valence-electron chi connectivity index (χ4n) is 2.97. The van der Waals surface area contributed by atoms with Crippen LogP contribution in [0.2, 0.25) is 0 Å². The fraction of sp³-hybridized carbons (Fsp3) is 0.588. The molecular weight excluding hydrogens is 283 g/mol. The molecule has 22 heavy (non-hydrogen) atoms. The largest absolute Gasteiger partial charge is 0.396 e. The number of nitrogens with one attached hydrogen (secondary N) is 1. The Morgan fingerprint density at radius 3 is 2.50 bits per heavy atom. The number of carbonyl (C=O) groups excluding carboxylic acids is 1. The van der Waals surface area contributed by atoms with Gasteiger partial charge >= 0.3 is 6.03 Å². The van der Waals surface area contributed by atoms with E-state index in [2.05, 4.69) is 5.32 Å². The van der Waals surface area contributed by atoms with Crippen molar-refractivity contribution in [2.75, 3.05) is 20.2 Å². The second kappa shape index (κ2) is 8.13. The summed E-state index contributed by atoms with van der Waals surface area (Å²) in [7, 11) is 1.83. The summed E-state index contributed by atoms with van der Waals surface area (Å²) in [6.45, 7) is 0.793. The predicted octanol–water partition coefficient (Wildman–Crippen LogP) is 2.56. The van der Waals surface area contributed by atoms with Crippen molar-refractivity contribution in [3.63, 3.8) is 0 Å². The maximum atomic E-state index is 12.8. The maximum Gasteiger partial charge on any atom is 0.317 e. The van der Waals surface area contributed by atoms with E-state index in [1.165, 1.54) is 12.1 Å². The number of benzene rings is 1. The van der Waals surface area contributed by atoms with E-state index in [0.717, 1.165) is 31.2 Å². The van der Waals surface area contributed by atoms with E-state index in [9.17, 15) is 9.18 Å². The molecule has 2 amide bonds. The first-order valence-corrected chi connectivity index (χ1v) is 7.96. The van der Waals surface area contributed by atoms with Gasteiger partial charge in [0.1, 0.15) is 5.82 Å². The second-order valence-corrected chi connectivity index (χ2v) is 6.08. The summed E-state index contributed by atoms with van der Waals surface area (Å²) in [6, 6.07) is 6.54. The lowest BCUT2D eigenvalue weighted by molar-refractivity contribution is 0.134. The molecule has 0 saturated heterocycles. The fourth-order valence-corrected chi connectivity index (χ4v) is 2.97. The maximum absolute atomic E-state index is 12.8. The molecule has 2 rings (SSSR count). The van der Waals surface area contributed by atoms with Gasteiger partial charge in [-0.15, -0.1) is 0 Å². The van der Waals surface area contributed by atoms with Crippen LogP contribution in [0.3, 0.4) is 0 Å². The third-order valence-electron chi connectivity index (χ3n) is 4.55. The van der Waals surface area contributed by atoms with E-state index in [-0.39, 0.29) is 24.5 Å². The minimum atomic E-state index is -0.244. The Balaban J connectivity index is 1.71. The van der Waals surface area contributed by atoms with Crippen LogP contribution in [0.25, 0.3) is 0 Å². The highest BCUT2D eigenvalue weighted by atomic mass is 19.1. The van der Waals surface area contributed by atoms with Crippen LogP contribution < -0.4 is 5.32 Å². The van der Waals surface area contributed by atoms with Crippen molar-refractivity contribution in [1.29, 1.82) is 0 Å². The first-order chi connectivity index (χ1) is 10.6. The van der Waals surface area contributed by atoms with E-state index in [4.69, 9.17) is 5.11 Å². The highest BCUT2D eigenvalue weighted by Crippen LogP contribution is 2.26. The summed E-state index contributed by atoms with van der Waals surface area (Å²) < 4.78 is 12.8. The SMILES string of the molecule is CN(C(=O)NCCc1ccc(F)cc1)C1CCC(CO)CC1. The smallest absolute Gasteiger partial charge is 0.317 e. The Kier molecular flexibility index (Phi) is 6.19. The third-order valence-corrected chi connectivity index (χ3v) is 4.55. The zero-order valence-corrected chi connectivity index (χ0v) is 13.1. The number of amides is 2. The van der Waals surface area contributed by atoms with E-state index in [1.807, 2.05) is 7.05 Å². The molecule has 1 saturated carbocycles. The lowest BCUT2D eigenvalue weighted by Gasteiger charge is -2.34. The zero-order valence-electron chi connectivity index (χ0n) is 13.1. The number of hydrogen-bond donors (Lipinski definition) is 2. The number of nitrogens with zero attached hydrogens (tertiary/aromatic N) is 1. The highest BCUT2D eigenvalue weighted by molar-refractivity contribution is 5.74. The summed E-state index contributed by atoms with van der Waals surface area (Å²) in [5, 5.41) is 12.1. The average Bonchev–Trinajstić information content (AvgIpc) is 2.56. The molecule has 1 aliphatic rings. The van der Waals surface area contributed by atoms with Gasteiger partial charge in [-0.25, -0.2) is 9.18 Å². The summed E-state index contributed by atoms with van der Waals surface area (Å²) in [4.78, 5) is 13.9. The number of carbonyl (C=O) groups is 1. The van der Waals surface area contributed by atoms with Gasteiger partial charge in [0.05, 0.1) is 0 Å². The molecule has 1 fully saturated rings. The van der Waals surface area contributed by atoms with Crippen molar-refractivity contribution >= 4 is 6.03 Å². The lowest BCUT2D eigenvalue weighted by Crippen LogP contribution is -2.45. The third kappa shape index (κ3) is 4.70. The number of aliphatic hydroxyl groups excluding tert-OH is 1. The van der Waals surface area contributed by atoms with Crippen LogP contribution in [0.4, 0.5) is 9.18 Å². The monoisotopic (exact) mass is 308 g/mol. The van der Waals surface area contributed by atoms with Crippen LogP contribution in [0.1, 0.15) is 31.2 Å². The molecule has 1 aromatic carbocycles. The van der Waals surface area contributed by atoms with Crippen LogP contribution in [0.15, 0.2) is 24.3 Å². The number of halogens is 1. The first-order valence-electron chi connectivity index (χ1n) is 7.96. The Bertz CT molecular complexity index is 470. The molecule has 1 aromatic rings. The molecule has 0 radical (unpaired) electrons. The van der Waals surface area contributed by atoms with Crippen LogP contribution in [-0.4, -0.2) is 42.3 Å². The van der Waals surface area contributed by atoms with Crippen LogP contribution in [0, 0.1) is 11.7 Å². The molecule has 1 aliphatic carbocycles. The Labute approximate surface area is 131 Å². The number of urea groups is 1. The molecular formula is C17H25FN2O2. The standard InChI is InChI=1S/C17H25FN2O2/c1-20(16-8-4-14(12-21)5-9-16)17(22)19-11-10-13-2-6-15(18)7-3-13/h2-3,6-7,14,16,21H,4-5,8-12H2,1H3,(H,19,22). The van der Waals surface area contributed by atoms with Gasteiger partial charge in [-0.3, -0.25) is 0 Å². The summed E-state index contributed by atoms with van der Waals surface area (Å²) in [6.07, 6.45) is 4.56. The molecule has 0 spiro atoms. The number of aliphatic hydroxyl groups is 1. The predicted molar refractivity (Wildman–Crippen MR) is 84.1 cm³/mol. The van der Waals surface area contributed by atoms with Gasteiger partial charge in [0.15, 0.2) is 0 Å². The minimum Gasteiger partial charge on any atom is -0.396 e. The van der Waals surface area contributed by atoms with Gasteiger partial charge in [-0.1, -0.05) is 12.1 Å². The van der Waals surface area contributed by atoms with Crippen molar-refractivity contribution in [1.82, 2.24) is 10.2 Å². The Morgan fingerprint density at radius 1 is 1.27 bits per heavy atom. The van der Waals surface area contributed by atoms with Gasteiger partial charge in [0.2, 0.25) is 0 Å². The van der Waals surface area contributed by atoms with Gasteiger partial charge in [0, 0.05) is 26.2 Å². The molecule has 4 nitrogen and oxygen atoms in total. The normalized spacial score (nSPS) is 21.4. The van der Waals surface area contributed by atoms with E-state index in [0.29, 0.717) is 18.9 Å². The van der Waals surface area contributed by atoms with Gasteiger partial charge in [0.25, 0.3) is 0 Å². The van der Waals surface area contributed by atoms with Crippen molar-refractivity contribution < 1.29 is 14.3 Å². The lowest BCUT2D eigenvalue weighted by atomic mass is 9.86. The van der Waals surface area contributed by atoms with Crippen molar-refractivity contribution in [3.05, 3.63) is 35.6 Å². The van der Waals surface area contributed by atoms with Gasteiger partial charge in [-0.05, 0) is 55.7 Å². The number of rotatable bonds is 5. The Morgan fingerprint density at radius 2 is 1.91 bits per heavy atom. The topological polar surface area (TPSA) is 52.6 Å². The van der Waals surface area contributed by atoms with Crippen LogP contribution >= 0.6 is 0 Å². The molecule has 122 valence electrons. The van der Waals surface area contributed by atoms with Crippen molar-refractivity contribution in [2.45, 2.75) is 38.1 Å². The quantitative estimate of drug-likeness (QED) is 0.878. The Hall–Kier alpha value is -1.62. The molecule has 0 aliphatic heterocycles. The summed E-state index contributed by atoms with van der Waals surface area (Å²) >= 11 is 0. The molecule has 0 heterocycles. The molecule has 0 atom stereocenters. The van der Waals surface area contributed by atoms with Crippen LogP contribution in [0.5, 0.6) is 0 Å². The van der Waals surface area contributed by atoms with Gasteiger partial charge in [-0.2, -0.15) is 0 Å². The minimum absolute atomic E-state index is 0.0606. The molecule has 0 bridgehead atoms. The van der Waals surface area contributed by atoms with Crippen molar-refractivity contribution in [3.8, 4) is 0 Å². The molecule has 5 heteroatoms. The highest BCUT2D eigenvalue weighted by Gasteiger charge is 2.25. The van der Waals surface area contributed by atoms with Crippen molar-refractivity contribution in [2.24, 2.45) is 5.92 Å². The second-order valence-electron chi connectivity index (χ2n) is 6.08. The number of hydrogen-bond acceptors (Lipinski definition) is 2. The summed E-state index contributed by atoms with van der Waals surface area (Å²) in [5.41, 5.74) is 1.01. The first kappa shape index (κ1) is 16.7. The average molecular weight is 308 g/mol. The summed E-state index contributed by atoms with van der Waals surface area (Å²) in [5.74, 6) is 0.150. The van der Waals surface area contributed by atoms with E-state index in [1.54, 1.807) is 17.0 Å². The van der Waals surface area contributed by atoms with E-state index < -0.39 is 0 Å². The van der Waals surface area contributed by atoms with Gasteiger partial charge < -0.3 is 15.3 Å². The molecule has 2 N–H and O–H groups in total. The molecule has 0 aromatic heterocycles. The zero-order chi connectivity index (χ0) is 15.9. The molecule has 0 unspecified atom stereocenters.